The molecule has 1 aromatic rings. The molecule has 2 aliphatic rings. The van der Waals surface area contributed by atoms with E-state index in [0.29, 0.717) is 12.1 Å². The first-order chi connectivity index (χ1) is 10.1. The van der Waals surface area contributed by atoms with Crippen molar-refractivity contribution >= 4 is 15.9 Å². The lowest BCUT2D eigenvalue weighted by atomic mass is 9.79. The Morgan fingerprint density at radius 3 is 2.86 bits per heavy atom. The first-order valence-corrected chi connectivity index (χ1v) is 9.11. The molecule has 1 N–H and O–H groups in total. The topological polar surface area (TPSA) is 21.3 Å². The van der Waals surface area contributed by atoms with E-state index >= 15 is 0 Å². The normalized spacial score (nSPS) is 32.9. The highest BCUT2D eigenvalue weighted by Gasteiger charge is 2.29. The third kappa shape index (κ3) is 3.62. The van der Waals surface area contributed by atoms with Gasteiger partial charge in [-0.05, 0) is 56.1 Å². The van der Waals surface area contributed by atoms with Gasteiger partial charge in [0, 0.05) is 22.1 Å². The minimum Gasteiger partial charge on any atom is -0.493 e. The van der Waals surface area contributed by atoms with E-state index in [-0.39, 0.29) is 0 Å². The molecule has 2 nitrogen and oxygen atoms in total. The molecule has 116 valence electrons. The summed E-state index contributed by atoms with van der Waals surface area (Å²) in [5.41, 5.74) is 1.33. The predicted molar refractivity (Wildman–Crippen MR) is 90.7 cm³/mol. The van der Waals surface area contributed by atoms with E-state index < -0.39 is 0 Å². The Kier molecular flexibility index (Phi) is 4.90. The van der Waals surface area contributed by atoms with Crippen molar-refractivity contribution in [2.24, 2.45) is 11.8 Å². The zero-order valence-corrected chi connectivity index (χ0v) is 14.7. The van der Waals surface area contributed by atoms with E-state index in [1.54, 1.807) is 0 Å². The molecule has 1 saturated carbocycles. The third-order valence-electron chi connectivity index (χ3n) is 5.09. The van der Waals surface area contributed by atoms with E-state index in [4.69, 9.17) is 4.74 Å². The second-order valence-corrected chi connectivity index (χ2v) is 7.81. The van der Waals surface area contributed by atoms with E-state index in [0.717, 1.165) is 35.1 Å². The van der Waals surface area contributed by atoms with Crippen molar-refractivity contribution in [2.75, 3.05) is 6.61 Å². The van der Waals surface area contributed by atoms with Crippen molar-refractivity contribution in [3.05, 3.63) is 28.2 Å². The molecular formula is C18H26BrNO. The summed E-state index contributed by atoms with van der Waals surface area (Å²) in [4.78, 5) is 0. The second-order valence-electron chi connectivity index (χ2n) is 6.89. The summed E-state index contributed by atoms with van der Waals surface area (Å²) >= 11 is 3.55. The number of hydrogen-bond donors (Lipinski definition) is 1. The Labute approximate surface area is 136 Å². The number of benzene rings is 1. The van der Waals surface area contributed by atoms with Crippen molar-refractivity contribution in [3.63, 3.8) is 0 Å². The van der Waals surface area contributed by atoms with Crippen LogP contribution in [0.2, 0.25) is 0 Å². The molecule has 1 heterocycles. The van der Waals surface area contributed by atoms with Crippen molar-refractivity contribution < 1.29 is 4.74 Å². The maximum atomic E-state index is 5.92. The summed E-state index contributed by atoms with van der Waals surface area (Å²) in [6.07, 6.45) is 6.33. The van der Waals surface area contributed by atoms with Gasteiger partial charge in [0.25, 0.3) is 0 Å². The Hall–Kier alpha value is -0.540. The van der Waals surface area contributed by atoms with Crippen LogP contribution in [0, 0.1) is 11.8 Å². The Bertz CT molecular complexity index is 490. The minimum atomic E-state index is 0.441. The van der Waals surface area contributed by atoms with Gasteiger partial charge >= 0.3 is 0 Å². The number of halogens is 1. The van der Waals surface area contributed by atoms with Crippen molar-refractivity contribution in [3.8, 4) is 5.75 Å². The fourth-order valence-electron chi connectivity index (χ4n) is 3.89. The smallest absolute Gasteiger partial charge is 0.125 e. The Morgan fingerprint density at radius 2 is 2.05 bits per heavy atom. The highest BCUT2D eigenvalue weighted by atomic mass is 79.9. The lowest BCUT2D eigenvalue weighted by Gasteiger charge is -2.36. The van der Waals surface area contributed by atoms with Gasteiger partial charge in [-0.2, -0.15) is 0 Å². The summed E-state index contributed by atoms with van der Waals surface area (Å²) in [5, 5.41) is 3.95. The zero-order chi connectivity index (χ0) is 14.8. The second kappa shape index (κ2) is 6.70. The molecule has 4 atom stereocenters. The zero-order valence-electron chi connectivity index (χ0n) is 13.1. The van der Waals surface area contributed by atoms with Crippen LogP contribution in [0.4, 0.5) is 0 Å². The molecular weight excluding hydrogens is 326 g/mol. The fraction of sp³-hybridized carbons (Fsp3) is 0.667. The maximum absolute atomic E-state index is 5.92. The van der Waals surface area contributed by atoms with E-state index in [2.05, 4.69) is 53.3 Å². The van der Waals surface area contributed by atoms with Gasteiger partial charge in [-0.15, -0.1) is 0 Å². The van der Waals surface area contributed by atoms with Crippen LogP contribution in [0.1, 0.15) is 57.6 Å². The lowest BCUT2D eigenvalue weighted by molar-refractivity contribution is 0.210. The van der Waals surface area contributed by atoms with Crippen molar-refractivity contribution in [1.82, 2.24) is 5.32 Å². The first kappa shape index (κ1) is 15.4. The molecule has 0 amide bonds. The van der Waals surface area contributed by atoms with Crippen molar-refractivity contribution in [2.45, 2.75) is 58.0 Å². The van der Waals surface area contributed by atoms with Gasteiger partial charge in [0.1, 0.15) is 5.75 Å². The number of fused-ring (bicyclic) bond motifs is 1. The van der Waals surface area contributed by atoms with Gasteiger partial charge in [-0.1, -0.05) is 35.8 Å². The number of hydrogen-bond acceptors (Lipinski definition) is 2. The standard InChI is InChI=1S/C18H26BrNO/c1-12-5-8-16(13(2)10-12)20-17-4-3-9-21-18-11-14(19)6-7-15(17)18/h6-7,11-13,16-17,20H,3-5,8-10H2,1-2H3. The van der Waals surface area contributed by atoms with Gasteiger partial charge in [-0.3, -0.25) is 0 Å². The molecule has 0 aromatic heterocycles. The predicted octanol–water partition coefficient (Wildman–Crippen LogP) is 5.08. The molecule has 0 saturated heterocycles. The van der Waals surface area contributed by atoms with Gasteiger partial charge < -0.3 is 10.1 Å². The number of ether oxygens (including phenoxy) is 1. The van der Waals surface area contributed by atoms with Crippen LogP contribution in [0.3, 0.4) is 0 Å². The molecule has 21 heavy (non-hydrogen) atoms. The number of nitrogens with one attached hydrogen (secondary N) is 1. The van der Waals surface area contributed by atoms with Gasteiger partial charge in [0.15, 0.2) is 0 Å². The fourth-order valence-corrected chi connectivity index (χ4v) is 4.23. The molecule has 0 bridgehead atoms. The largest absolute Gasteiger partial charge is 0.493 e. The molecule has 3 heteroatoms. The molecule has 0 spiro atoms. The van der Waals surface area contributed by atoms with E-state index in [1.165, 1.54) is 31.2 Å². The van der Waals surface area contributed by atoms with Crippen LogP contribution < -0.4 is 10.1 Å². The third-order valence-corrected chi connectivity index (χ3v) is 5.59. The average Bonchev–Trinajstić information content (AvgIpc) is 2.64. The molecule has 4 unspecified atom stereocenters. The molecule has 1 aliphatic carbocycles. The van der Waals surface area contributed by atoms with Crippen LogP contribution >= 0.6 is 15.9 Å². The number of rotatable bonds is 2. The summed E-state index contributed by atoms with van der Waals surface area (Å²) in [7, 11) is 0. The lowest BCUT2D eigenvalue weighted by Crippen LogP contribution is -2.41. The van der Waals surface area contributed by atoms with Crippen molar-refractivity contribution in [1.29, 1.82) is 0 Å². The molecule has 3 rings (SSSR count). The summed E-state index contributed by atoms with van der Waals surface area (Å²) < 4.78 is 7.02. The van der Waals surface area contributed by atoms with Crippen LogP contribution in [-0.2, 0) is 0 Å². The highest BCUT2D eigenvalue weighted by Crippen LogP contribution is 2.36. The van der Waals surface area contributed by atoms with Crippen LogP contribution in [0.5, 0.6) is 5.75 Å². The summed E-state index contributed by atoms with van der Waals surface area (Å²) in [6, 6.07) is 7.56. The minimum absolute atomic E-state index is 0.441. The first-order valence-electron chi connectivity index (χ1n) is 8.32. The van der Waals surface area contributed by atoms with Crippen LogP contribution in [-0.4, -0.2) is 12.6 Å². The van der Waals surface area contributed by atoms with E-state index in [1.807, 2.05) is 0 Å². The Balaban J connectivity index is 1.76. The maximum Gasteiger partial charge on any atom is 0.125 e. The molecule has 1 aromatic carbocycles. The van der Waals surface area contributed by atoms with E-state index in [9.17, 15) is 0 Å². The monoisotopic (exact) mass is 351 g/mol. The van der Waals surface area contributed by atoms with Gasteiger partial charge in [0.05, 0.1) is 6.61 Å². The van der Waals surface area contributed by atoms with Gasteiger partial charge in [0.2, 0.25) is 0 Å². The summed E-state index contributed by atoms with van der Waals surface area (Å²) in [5.74, 6) is 2.71. The molecule has 1 fully saturated rings. The highest BCUT2D eigenvalue weighted by molar-refractivity contribution is 9.10. The van der Waals surface area contributed by atoms with Crippen LogP contribution in [0.25, 0.3) is 0 Å². The average molecular weight is 352 g/mol. The quantitative estimate of drug-likeness (QED) is 0.802. The Morgan fingerprint density at radius 1 is 1.19 bits per heavy atom. The molecule has 1 aliphatic heterocycles. The SMILES string of the molecule is CC1CCC(NC2CCCOc3cc(Br)ccc32)C(C)C1. The summed E-state index contributed by atoms with van der Waals surface area (Å²) in [6.45, 7) is 5.63. The van der Waals surface area contributed by atoms with Gasteiger partial charge in [-0.25, -0.2) is 0 Å². The molecule has 0 radical (unpaired) electrons. The van der Waals surface area contributed by atoms with Crippen LogP contribution in [0.15, 0.2) is 22.7 Å².